The number of aryl methyl sites for hydroxylation is 1. The zero-order chi connectivity index (χ0) is 22.4. The minimum Gasteiger partial charge on any atom is -0.379 e. The van der Waals surface area contributed by atoms with Crippen molar-refractivity contribution >= 4 is 16.9 Å². The fraction of sp³-hybridized carbons (Fsp3) is 0.500. The van der Waals surface area contributed by atoms with E-state index in [0.29, 0.717) is 11.4 Å². The van der Waals surface area contributed by atoms with Gasteiger partial charge in [-0.2, -0.15) is 0 Å². The summed E-state index contributed by atoms with van der Waals surface area (Å²) in [6.07, 6.45) is 2.95. The molecule has 1 N–H and O–H groups in total. The van der Waals surface area contributed by atoms with E-state index in [-0.39, 0.29) is 35.8 Å². The number of ether oxygens (including phenoxy) is 2. The first-order chi connectivity index (χ1) is 15.2. The number of nitrogens with zero attached hydrogens (tertiary/aromatic N) is 3. The Morgan fingerprint density at radius 1 is 1.16 bits per heavy atom. The fourth-order valence-electron chi connectivity index (χ4n) is 5.81. The number of hydrogen-bond donors (Lipinski definition) is 1. The SMILES string of the molecule is Cc1cc(NCc2cc(F)ccc2F)c2ncn([C@H]3[C@@H]4OC(C)(C)O[C@@H]4C4CC43C)c2n1. The molecule has 32 heavy (non-hydrogen) atoms. The number of hydrogen-bond acceptors (Lipinski definition) is 5. The molecule has 6 rings (SSSR count). The summed E-state index contributed by atoms with van der Waals surface area (Å²) >= 11 is 0. The molecule has 5 atom stereocenters. The summed E-state index contributed by atoms with van der Waals surface area (Å²) in [6, 6.07) is 5.42. The number of pyridine rings is 1. The first-order valence-corrected chi connectivity index (χ1v) is 11.0. The first kappa shape index (κ1) is 20.1. The minimum atomic E-state index is -0.598. The second-order valence-corrected chi connectivity index (χ2v) is 10.1. The van der Waals surface area contributed by atoms with Crippen molar-refractivity contribution < 1.29 is 18.3 Å². The summed E-state index contributed by atoms with van der Waals surface area (Å²) in [5, 5.41) is 3.23. The first-order valence-electron chi connectivity index (χ1n) is 11.0. The number of aromatic nitrogens is 3. The number of benzene rings is 1. The highest BCUT2D eigenvalue weighted by molar-refractivity contribution is 5.86. The average Bonchev–Trinajstić information content (AvgIpc) is 2.98. The van der Waals surface area contributed by atoms with Gasteiger partial charge in [-0.25, -0.2) is 18.7 Å². The van der Waals surface area contributed by atoms with E-state index in [1.54, 1.807) is 0 Å². The molecule has 3 aliphatic rings. The summed E-state index contributed by atoms with van der Waals surface area (Å²) in [6.45, 7) is 8.28. The largest absolute Gasteiger partial charge is 0.379 e. The van der Waals surface area contributed by atoms with Crippen LogP contribution >= 0.6 is 0 Å². The van der Waals surface area contributed by atoms with E-state index in [9.17, 15) is 8.78 Å². The molecule has 1 saturated heterocycles. The maximum Gasteiger partial charge on any atom is 0.163 e. The highest BCUT2D eigenvalue weighted by Gasteiger charge is 2.73. The Hall–Kier alpha value is -2.58. The van der Waals surface area contributed by atoms with E-state index in [0.717, 1.165) is 35.6 Å². The van der Waals surface area contributed by atoms with Crippen LogP contribution in [0.5, 0.6) is 0 Å². The van der Waals surface area contributed by atoms with E-state index in [1.165, 1.54) is 6.07 Å². The van der Waals surface area contributed by atoms with Crippen molar-refractivity contribution in [3.63, 3.8) is 0 Å². The molecule has 2 aliphatic carbocycles. The van der Waals surface area contributed by atoms with Crippen molar-refractivity contribution in [2.75, 3.05) is 5.32 Å². The number of fused-ring (bicyclic) bond motifs is 4. The maximum atomic E-state index is 14.1. The van der Waals surface area contributed by atoms with Crippen LogP contribution in [0, 0.1) is 29.9 Å². The molecule has 2 aromatic heterocycles. The molecule has 0 amide bonds. The second kappa shape index (κ2) is 6.48. The average molecular weight is 440 g/mol. The smallest absolute Gasteiger partial charge is 0.163 e. The van der Waals surface area contributed by atoms with E-state index in [2.05, 4.69) is 21.8 Å². The number of halogens is 2. The molecule has 0 radical (unpaired) electrons. The molecule has 3 heterocycles. The molecule has 6 nitrogen and oxygen atoms in total. The van der Waals surface area contributed by atoms with E-state index in [1.807, 2.05) is 33.2 Å². The van der Waals surface area contributed by atoms with Gasteiger partial charge in [0, 0.05) is 17.8 Å². The lowest BCUT2D eigenvalue weighted by Gasteiger charge is -2.28. The molecule has 0 bridgehead atoms. The Balaban J connectivity index is 1.37. The zero-order valence-corrected chi connectivity index (χ0v) is 18.5. The standard InChI is InChI=1S/C24H26F2N4O2/c1-12-7-17(27-10-13-8-14(25)5-6-16(13)26)18-22(29-12)30(11-28-18)21-20-19(15-9-24(15,21)4)31-23(2,3)32-20/h5-8,11,15,19-21H,9-10H2,1-4H3,(H,27,29)/t15?,19-,20-,21+,24?/m1/s1. The minimum absolute atomic E-state index is 0.0498. The Kier molecular flexibility index (Phi) is 4.06. The van der Waals surface area contributed by atoms with Crippen LogP contribution in [0.3, 0.4) is 0 Å². The van der Waals surface area contributed by atoms with Crippen molar-refractivity contribution in [2.45, 2.75) is 64.7 Å². The van der Waals surface area contributed by atoms with Gasteiger partial charge in [0.05, 0.1) is 24.2 Å². The molecule has 1 aromatic carbocycles. The van der Waals surface area contributed by atoms with Crippen LogP contribution in [-0.2, 0) is 16.0 Å². The fourth-order valence-corrected chi connectivity index (χ4v) is 5.81. The van der Waals surface area contributed by atoms with Gasteiger partial charge in [-0.15, -0.1) is 0 Å². The molecule has 8 heteroatoms. The number of anilines is 1. The lowest BCUT2D eigenvalue weighted by Crippen LogP contribution is -2.32. The van der Waals surface area contributed by atoms with Crippen LogP contribution in [0.2, 0.25) is 0 Å². The molecule has 2 unspecified atom stereocenters. The number of nitrogens with one attached hydrogen (secondary N) is 1. The molecule has 3 aromatic rings. The van der Waals surface area contributed by atoms with Crippen molar-refractivity contribution in [1.82, 2.24) is 14.5 Å². The van der Waals surface area contributed by atoms with Crippen LogP contribution in [0.15, 0.2) is 30.6 Å². The topological polar surface area (TPSA) is 61.2 Å². The molecule has 1 aliphatic heterocycles. The number of rotatable bonds is 4. The third-order valence-electron chi connectivity index (χ3n) is 7.33. The second-order valence-electron chi connectivity index (χ2n) is 10.1. The van der Waals surface area contributed by atoms with Crippen LogP contribution in [0.4, 0.5) is 14.5 Å². The van der Waals surface area contributed by atoms with Gasteiger partial charge in [0.1, 0.15) is 23.3 Å². The van der Waals surface area contributed by atoms with Gasteiger partial charge in [-0.3, -0.25) is 0 Å². The molecular weight excluding hydrogens is 414 g/mol. The Morgan fingerprint density at radius 3 is 2.75 bits per heavy atom. The van der Waals surface area contributed by atoms with E-state index >= 15 is 0 Å². The van der Waals surface area contributed by atoms with Gasteiger partial charge >= 0.3 is 0 Å². The molecule has 168 valence electrons. The molecule has 0 spiro atoms. The third kappa shape index (κ3) is 2.89. The van der Waals surface area contributed by atoms with Crippen molar-refractivity contribution in [3.05, 3.63) is 53.5 Å². The van der Waals surface area contributed by atoms with Crippen LogP contribution in [0.1, 0.15) is 44.5 Å². The van der Waals surface area contributed by atoms with Crippen LogP contribution < -0.4 is 5.32 Å². The lowest BCUT2D eigenvalue weighted by molar-refractivity contribution is -0.159. The highest BCUT2D eigenvalue weighted by Crippen LogP contribution is 2.71. The zero-order valence-electron chi connectivity index (χ0n) is 18.5. The monoisotopic (exact) mass is 440 g/mol. The Labute approximate surface area is 184 Å². The van der Waals surface area contributed by atoms with Gasteiger partial charge in [-0.1, -0.05) is 6.92 Å². The van der Waals surface area contributed by atoms with E-state index < -0.39 is 17.4 Å². The van der Waals surface area contributed by atoms with Crippen LogP contribution in [0.25, 0.3) is 11.2 Å². The summed E-state index contributed by atoms with van der Waals surface area (Å²) in [5.74, 6) is -1.04. The van der Waals surface area contributed by atoms with Crippen molar-refractivity contribution in [2.24, 2.45) is 11.3 Å². The third-order valence-corrected chi connectivity index (χ3v) is 7.33. The summed E-state index contributed by atoms with van der Waals surface area (Å²) in [7, 11) is 0. The summed E-state index contributed by atoms with van der Waals surface area (Å²) in [4.78, 5) is 9.46. The predicted octanol–water partition coefficient (Wildman–Crippen LogP) is 4.73. The van der Waals surface area contributed by atoms with Gasteiger partial charge in [0.2, 0.25) is 0 Å². The van der Waals surface area contributed by atoms with Gasteiger partial charge < -0.3 is 19.4 Å². The van der Waals surface area contributed by atoms with Gasteiger partial charge in [-0.05, 0) is 62.8 Å². The molecule has 3 fully saturated rings. The van der Waals surface area contributed by atoms with Gasteiger partial charge in [0.15, 0.2) is 11.4 Å². The molecule has 2 saturated carbocycles. The Bertz CT molecular complexity index is 1240. The summed E-state index contributed by atoms with van der Waals surface area (Å²) < 4.78 is 42.3. The Morgan fingerprint density at radius 2 is 1.94 bits per heavy atom. The predicted molar refractivity (Wildman–Crippen MR) is 115 cm³/mol. The van der Waals surface area contributed by atoms with Crippen molar-refractivity contribution in [1.29, 1.82) is 0 Å². The van der Waals surface area contributed by atoms with Crippen molar-refractivity contribution in [3.8, 4) is 0 Å². The van der Waals surface area contributed by atoms with Crippen LogP contribution in [-0.4, -0.2) is 32.5 Å². The summed E-state index contributed by atoms with van der Waals surface area (Å²) in [5.41, 5.74) is 3.37. The quantitative estimate of drug-likeness (QED) is 0.636. The number of imidazole rings is 1. The normalized spacial score (nSPS) is 32.2. The van der Waals surface area contributed by atoms with Gasteiger partial charge in [0.25, 0.3) is 0 Å². The molecular formula is C24H26F2N4O2. The lowest BCUT2D eigenvalue weighted by atomic mass is 9.98. The maximum absolute atomic E-state index is 14.1. The van der Waals surface area contributed by atoms with E-state index in [4.69, 9.17) is 14.5 Å². The highest BCUT2D eigenvalue weighted by atomic mass is 19.1.